The maximum absolute atomic E-state index is 11.8. The van der Waals surface area contributed by atoms with Crippen molar-refractivity contribution in [3.63, 3.8) is 0 Å². The van der Waals surface area contributed by atoms with Gasteiger partial charge in [-0.25, -0.2) is 5.84 Å². The van der Waals surface area contributed by atoms with Gasteiger partial charge in [-0.1, -0.05) is 6.92 Å². The number of hydrazine groups is 1. The van der Waals surface area contributed by atoms with E-state index in [9.17, 15) is 14.2 Å². The largest absolute Gasteiger partial charge is 0.350 e. The van der Waals surface area contributed by atoms with Crippen LogP contribution in [-0.2, 0) is 14.2 Å². The number of carbonyl (C=O) groups excluding carboxylic acids is 2. The van der Waals surface area contributed by atoms with Gasteiger partial charge in [-0.15, -0.1) is 0 Å². The van der Waals surface area contributed by atoms with Crippen LogP contribution in [0.25, 0.3) is 0 Å². The Morgan fingerprint density at radius 3 is 2.88 bits per heavy atom. The van der Waals surface area contributed by atoms with E-state index in [1.165, 1.54) is 0 Å². The molecule has 2 unspecified atom stereocenters. The SMILES string of the molecule is CCCC(=O)NC1CCN(N)C(=O)[C@@]1(N)[PH2]=O. The predicted octanol–water partition coefficient (Wildman–Crippen LogP) is -1.21. The van der Waals surface area contributed by atoms with E-state index in [0.717, 1.165) is 5.01 Å². The molecule has 1 aliphatic rings. The third kappa shape index (κ3) is 2.86. The van der Waals surface area contributed by atoms with Crippen LogP contribution in [0.3, 0.4) is 0 Å². The molecule has 1 saturated heterocycles. The first-order valence-corrected chi connectivity index (χ1v) is 6.61. The summed E-state index contributed by atoms with van der Waals surface area (Å²) in [6.45, 7) is 2.18. The Hall–Kier alpha value is -0.910. The second-order valence-electron chi connectivity index (χ2n) is 4.21. The van der Waals surface area contributed by atoms with E-state index in [1.54, 1.807) is 0 Å². The number of nitrogens with one attached hydrogen (secondary N) is 1. The molecule has 8 heteroatoms. The van der Waals surface area contributed by atoms with Gasteiger partial charge < -0.3 is 15.6 Å². The van der Waals surface area contributed by atoms with Crippen LogP contribution in [0.4, 0.5) is 0 Å². The number of hydrogen-bond donors (Lipinski definition) is 3. The molecule has 1 heterocycles. The van der Waals surface area contributed by atoms with Crippen LogP contribution in [0.5, 0.6) is 0 Å². The summed E-state index contributed by atoms with van der Waals surface area (Å²) in [4.78, 5) is 23.3. The average Bonchev–Trinajstić information content (AvgIpc) is 2.30. The molecule has 0 aromatic rings. The van der Waals surface area contributed by atoms with Gasteiger partial charge in [0.1, 0.15) is 0 Å². The van der Waals surface area contributed by atoms with Crippen LogP contribution >= 0.6 is 8.46 Å². The normalized spacial score (nSPS) is 29.9. The number of nitrogens with zero attached hydrogens (tertiary/aromatic N) is 1. The first-order chi connectivity index (χ1) is 7.95. The van der Waals surface area contributed by atoms with Gasteiger partial charge in [0.2, 0.25) is 5.91 Å². The van der Waals surface area contributed by atoms with E-state index < -0.39 is 25.7 Å². The van der Waals surface area contributed by atoms with E-state index in [4.69, 9.17) is 11.6 Å². The summed E-state index contributed by atoms with van der Waals surface area (Å²) in [5.74, 6) is 4.69. The minimum atomic E-state index is -1.56. The van der Waals surface area contributed by atoms with Crippen LogP contribution < -0.4 is 16.9 Å². The van der Waals surface area contributed by atoms with Crippen LogP contribution in [0.15, 0.2) is 0 Å². The van der Waals surface area contributed by atoms with Gasteiger partial charge in [0.15, 0.2) is 5.28 Å². The Morgan fingerprint density at radius 2 is 2.35 bits per heavy atom. The fourth-order valence-corrected chi connectivity index (χ4v) is 2.50. The summed E-state index contributed by atoms with van der Waals surface area (Å²) in [6, 6.07) is -0.596. The van der Waals surface area contributed by atoms with Crippen LogP contribution in [0, 0.1) is 0 Å². The Balaban J connectivity index is 2.80. The Labute approximate surface area is 101 Å². The minimum absolute atomic E-state index is 0.182. The standard InChI is InChI=1S/C9H19N4O3P/c1-2-3-7(14)12-6-4-5-13(11)8(15)9(6,10)17-16/h6H,2-5,10-11,17H2,1H3,(H,12,14)/t6?,9-/m0/s1. The molecule has 98 valence electrons. The maximum atomic E-state index is 11.8. The summed E-state index contributed by atoms with van der Waals surface area (Å²) in [5.41, 5.74) is 5.82. The maximum Gasteiger partial charge on any atom is 0.265 e. The number of hydrogen-bond acceptors (Lipinski definition) is 5. The van der Waals surface area contributed by atoms with E-state index in [0.29, 0.717) is 25.8 Å². The Kier molecular flexibility index (Phi) is 4.68. The van der Waals surface area contributed by atoms with E-state index in [1.807, 2.05) is 6.92 Å². The molecule has 0 saturated carbocycles. The smallest absolute Gasteiger partial charge is 0.265 e. The average molecular weight is 262 g/mol. The molecular formula is C9H19N4O3P. The number of piperidine rings is 1. The minimum Gasteiger partial charge on any atom is -0.350 e. The lowest BCUT2D eigenvalue weighted by Crippen LogP contribution is -2.68. The van der Waals surface area contributed by atoms with E-state index in [2.05, 4.69) is 5.32 Å². The fraction of sp³-hybridized carbons (Fsp3) is 0.778. The van der Waals surface area contributed by atoms with Gasteiger partial charge >= 0.3 is 0 Å². The van der Waals surface area contributed by atoms with Crippen molar-refractivity contribution < 1.29 is 14.2 Å². The summed E-state index contributed by atoms with van der Waals surface area (Å²) in [6.07, 6.45) is 1.49. The second-order valence-corrected chi connectivity index (χ2v) is 5.40. The first-order valence-electron chi connectivity index (χ1n) is 5.57. The van der Waals surface area contributed by atoms with Crippen LogP contribution in [0.2, 0.25) is 0 Å². The second kappa shape index (κ2) is 5.62. The van der Waals surface area contributed by atoms with Crippen molar-refractivity contribution in [2.24, 2.45) is 11.6 Å². The molecule has 0 bridgehead atoms. The molecule has 1 aliphatic heterocycles. The van der Waals surface area contributed by atoms with Crippen molar-refractivity contribution in [2.45, 2.75) is 37.5 Å². The quantitative estimate of drug-likeness (QED) is 0.333. The van der Waals surface area contributed by atoms with Gasteiger partial charge in [0.05, 0.1) is 14.5 Å². The summed E-state index contributed by atoms with van der Waals surface area (Å²) < 4.78 is 11.2. The lowest BCUT2D eigenvalue weighted by molar-refractivity contribution is -0.138. The highest BCUT2D eigenvalue weighted by Crippen LogP contribution is 2.28. The molecule has 0 aliphatic carbocycles. The fourth-order valence-electron chi connectivity index (χ4n) is 1.82. The molecule has 5 N–H and O–H groups in total. The van der Waals surface area contributed by atoms with Gasteiger partial charge in [-0.05, 0) is 12.8 Å². The molecule has 7 nitrogen and oxygen atoms in total. The van der Waals surface area contributed by atoms with Crippen LogP contribution in [0.1, 0.15) is 26.2 Å². The lowest BCUT2D eigenvalue weighted by atomic mass is 9.99. The predicted molar refractivity (Wildman–Crippen MR) is 64.7 cm³/mol. The zero-order chi connectivity index (χ0) is 13.1. The van der Waals surface area contributed by atoms with Crippen molar-refractivity contribution in [3.8, 4) is 0 Å². The molecule has 0 aromatic carbocycles. The van der Waals surface area contributed by atoms with Gasteiger partial charge in [0, 0.05) is 13.0 Å². The van der Waals surface area contributed by atoms with E-state index >= 15 is 0 Å². The number of rotatable bonds is 4. The van der Waals surface area contributed by atoms with Crippen molar-refractivity contribution in [3.05, 3.63) is 0 Å². The highest BCUT2D eigenvalue weighted by Gasteiger charge is 2.47. The zero-order valence-electron chi connectivity index (χ0n) is 9.81. The summed E-state index contributed by atoms with van der Waals surface area (Å²) >= 11 is 0. The molecule has 2 amide bonds. The third-order valence-corrected chi connectivity index (χ3v) is 3.91. The monoisotopic (exact) mass is 262 g/mol. The lowest BCUT2D eigenvalue weighted by Gasteiger charge is -2.40. The Morgan fingerprint density at radius 1 is 1.71 bits per heavy atom. The number of nitrogens with two attached hydrogens (primary N) is 2. The molecule has 17 heavy (non-hydrogen) atoms. The van der Waals surface area contributed by atoms with Crippen molar-refractivity contribution in [1.82, 2.24) is 10.3 Å². The molecule has 0 aromatic heterocycles. The summed E-state index contributed by atoms with van der Waals surface area (Å²) in [5, 5.41) is 2.09. The van der Waals surface area contributed by atoms with E-state index in [-0.39, 0.29) is 5.91 Å². The van der Waals surface area contributed by atoms with Gasteiger partial charge in [-0.2, -0.15) is 0 Å². The molecular weight excluding hydrogens is 243 g/mol. The molecule has 0 spiro atoms. The third-order valence-electron chi connectivity index (χ3n) is 2.87. The molecule has 1 rings (SSSR count). The van der Waals surface area contributed by atoms with Crippen molar-refractivity contribution >= 4 is 20.3 Å². The zero-order valence-corrected chi connectivity index (χ0v) is 11.0. The highest BCUT2D eigenvalue weighted by atomic mass is 31.1. The highest BCUT2D eigenvalue weighted by molar-refractivity contribution is 7.27. The van der Waals surface area contributed by atoms with Gasteiger partial charge in [-0.3, -0.25) is 14.6 Å². The van der Waals surface area contributed by atoms with Gasteiger partial charge in [0.25, 0.3) is 5.91 Å². The number of amides is 2. The van der Waals surface area contributed by atoms with Crippen LogP contribution in [-0.4, -0.2) is 34.7 Å². The first kappa shape index (κ1) is 14.2. The number of carbonyl (C=O) groups is 2. The molecule has 1 fully saturated rings. The topological polar surface area (TPSA) is 119 Å². The Bertz CT molecular complexity index is 338. The van der Waals surface area contributed by atoms with Crippen molar-refractivity contribution in [2.75, 3.05) is 6.54 Å². The summed E-state index contributed by atoms with van der Waals surface area (Å²) in [7, 11) is -1.56. The molecule has 0 radical (unpaired) electrons. The van der Waals surface area contributed by atoms with Crippen molar-refractivity contribution in [1.29, 1.82) is 0 Å². The molecule has 3 atom stereocenters.